The molecule has 0 spiro atoms. The Labute approximate surface area is 122 Å². The predicted molar refractivity (Wildman–Crippen MR) is 82.3 cm³/mol. The zero-order valence-electron chi connectivity index (χ0n) is 12.9. The SMILES string of the molecule is CCC1CCCN1CC(C)C(NC)c1ccccc1F. The average molecular weight is 278 g/mol. The molecule has 2 rings (SSSR count). The number of nitrogens with one attached hydrogen (secondary N) is 1. The molecule has 0 aromatic heterocycles. The van der Waals surface area contributed by atoms with Crippen molar-refractivity contribution in [2.75, 3.05) is 20.1 Å². The molecule has 0 radical (unpaired) electrons. The lowest BCUT2D eigenvalue weighted by Gasteiger charge is -2.31. The molecule has 0 bridgehead atoms. The van der Waals surface area contributed by atoms with Crippen LogP contribution < -0.4 is 5.32 Å². The Bertz CT molecular complexity index is 421. The third-order valence-electron chi connectivity index (χ3n) is 4.61. The monoisotopic (exact) mass is 278 g/mol. The molecule has 112 valence electrons. The molecule has 3 heteroatoms. The van der Waals surface area contributed by atoms with Crippen LogP contribution in [0.1, 0.15) is 44.7 Å². The Hall–Kier alpha value is -0.930. The molecular weight excluding hydrogens is 251 g/mol. The van der Waals surface area contributed by atoms with E-state index in [2.05, 4.69) is 24.1 Å². The number of rotatable bonds is 6. The van der Waals surface area contributed by atoms with Gasteiger partial charge in [-0.1, -0.05) is 32.0 Å². The summed E-state index contributed by atoms with van der Waals surface area (Å²) in [5, 5.41) is 3.30. The number of likely N-dealkylation sites (tertiary alicyclic amines) is 1. The van der Waals surface area contributed by atoms with Gasteiger partial charge in [0, 0.05) is 24.2 Å². The zero-order valence-corrected chi connectivity index (χ0v) is 12.9. The van der Waals surface area contributed by atoms with Gasteiger partial charge in [-0.2, -0.15) is 0 Å². The smallest absolute Gasteiger partial charge is 0.127 e. The fourth-order valence-corrected chi connectivity index (χ4v) is 3.55. The topological polar surface area (TPSA) is 15.3 Å². The van der Waals surface area contributed by atoms with E-state index < -0.39 is 0 Å². The van der Waals surface area contributed by atoms with Gasteiger partial charge in [-0.3, -0.25) is 0 Å². The van der Waals surface area contributed by atoms with Gasteiger partial charge in [0.2, 0.25) is 0 Å². The quantitative estimate of drug-likeness (QED) is 0.855. The summed E-state index contributed by atoms with van der Waals surface area (Å²) in [7, 11) is 1.93. The Morgan fingerprint density at radius 1 is 1.40 bits per heavy atom. The van der Waals surface area contributed by atoms with E-state index in [-0.39, 0.29) is 11.9 Å². The van der Waals surface area contributed by atoms with Gasteiger partial charge in [0.1, 0.15) is 5.82 Å². The molecule has 1 heterocycles. The van der Waals surface area contributed by atoms with E-state index >= 15 is 0 Å². The normalized spacial score (nSPS) is 22.9. The Kier molecular flexibility index (Phi) is 5.55. The molecule has 0 aliphatic carbocycles. The second kappa shape index (κ2) is 7.19. The molecule has 1 N–H and O–H groups in total. The van der Waals surface area contributed by atoms with Crippen molar-refractivity contribution < 1.29 is 4.39 Å². The lowest BCUT2D eigenvalue weighted by molar-refractivity contribution is 0.194. The van der Waals surface area contributed by atoms with Gasteiger partial charge in [-0.25, -0.2) is 4.39 Å². The van der Waals surface area contributed by atoms with Crippen molar-refractivity contribution >= 4 is 0 Å². The van der Waals surface area contributed by atoms with Gasteiger partial charge in [-0.05, 0) is 44.8 Å². The van der Waals surface area contributed by atoms with Crippen LogP contribution in [-0.4, -0.2) is 31.1 Å². The van der Waals surface area contributed by atoms with Gasteiger partial charge in [-0.15, -0.1) is 0 Å². The molecule has 1 aromatic rings. The van der Waals surface area contributed by atoms with Gasteiger partial charge in [0.15, 0.2) is 0 Å². The van der Waals surface area contributed by atoms with Crippen LogP contribution in [0.2, 0.25) is 0 Å². The van der Waals surface area contributed by atoms with Crippen LogP contribution in [0, 0.1) is 11.7 Å². The van der Waals surface area contributed by atoms with Crippen molar-refractivity contribution in [3.8, 4) is 0 Å². The van der Waals surface area contributed by atoms with Crippen molar-refractivity contribution in [2.45, 2.75) is 45.2 Å². The van der Waals surface area contributed by atoms with Gasteiger partial charge >= 0.3 is 0 Å². The van der Waals surface area contributed by atoms with Crippen LogP contribution in [-0.2, 0) is 0 Å². The van der Waals surface area contributed by atoms with Crippen LogP contribution in [0.4, 0.5) is 4.39 Å². The highest BCUT2D eigenvalue weighted by Gasteiger charge is 2.28. The maximum absolute atomic E-state index is 14.0. The third kappa shape index (κ3) is 3.39. The summed E-state index contributed by atoms with van der Waals surface area (Å²) in [5.41, 5.74) is 0.787. The fraction of sp³-hybridized carbons (Fsp3) is 0.647. The maximum Gasteiger partial charge on any atom is 0.127 e. The summed E-state index contributed by atoms with van der Waals surface area (Å²) in [6.45, 7) is 6.72. The van der Waals surface area contributed by atoms with Crippen molar-refractivity contribution in [3.63, 3.8) is 0 Å². The maximum atomic E-state index is 14.0. The summed E-state index contributed by atoms with van der Waals surface area (Å²) in [6, 6.07) is 7.92. The highest BCUT2D eigenvalue weighted by Crippen LogP contribution is 2.28. The molecule has 1 saturated heterocycles. The first-order valence-electron chi connectivity index (χ1n) is 7.83. The predicted octanol–water partition coefficient (Wildman–Crippen LogP) is 3.60. The average Bonchev–Trinajstić information content (AvgIpc) is 2.89. The van der Waals surface area contributed by atoms with E-state index in [0.29, 0.717) is 5.92 Å². The first-order valence-corrected chi connectivity index (χ1v) is 7.83. The largest absolute Gasteiger partial charge is 0.313 e. The van der Waals surface area contributed by atoms with Crippen LogP contribution in [0.5, 0.6) is 0 Å². The van der Waals surface area contributed by atoms with Crippen molar-refractivity contribution in [3.05, 3.63) is 35.6 Å². The minimum absolute atomic E-state index is 0.0781. The number of nitrogens with zero attached hydrogens (tertiary/aromatic N) is 1. The molecule has 0 saturated carbocycles. The standard InChI is InChI=1S/C17H27FN2/c1-4-14-8-7-11-20(14)12-13(2)17(19-3)15-9-5-6-10-16(15)18/h5-6,9-10,13-14,17,19H,4,7-8,11-12H2,1-3H3. The molecule has 0 amide bonds. The molecule has 1 aliphatic heterocycles. The van der Waals surface area contributed by atoms with Crippen molar-refractivity contribution in [1.82, 2.24) is 10.2 Å². The Morgan fingerprint density at radius 3 is 2.80 bits per heavy atom. The summed E-state index contributed by atoms with van der Waals surface area (Å²) < 4.78 is 14.0. The molecule has 1 aromatic carbocycles. The van der Waals surface area contributed by atoms with Gasteiger partial charge in [0.25, 0.3) is 0 Å². The number of hydrogen-bond acceptors (Lipinski definition) is 2. The third-order valence-corrected chi connectivity index (χ3v) is 4.61. The van der Waals surface area contributed by atoms with Crippen LogP contribution in [0.25, 0.3) is 0 Å². The summed E-state index contributed by atoms with van der Waals surface area (Å²) in [6.07, 6.45) is 3.83. The van der Waals surface area contributed by atoms with E-state index in [1.165, 1.54) is 25.8 Å². The molecule has 1 fully saturated rings. The number of benzene rings is 1. The molecule has 2 nitrogen and oxygen atoms in total. The zero-order chi connectivity index (χ0) is 14.5. The van der Waals surface area contributed by atoms with E-state index in [4.69, 9.17) is 0 Å². The summed E-state index contributed by atoms with van der Waals surface area (Å²) in [5.74, 6) is 0.288. The summed E-state index contributed by atoms with van der Waals surface area (Å²) >= 11 is 0. The first-order chi connectivity index (χ1) is 9.67. The molecule has 3 unspecified atom stereocenters. The molecule has 20 heavy (non-hydrogen) atoms. The minimum Gasteiger partial charge on any atom is -0.313 e. The fourth-order valence-electron chi connectivity index (χ4n) is 3.55. The minimum atomic E-state index is -0.104. The first kappa shape index (κ1) is 15.5. The molecule has 1 aliphatic rings. The second-order valence-corrected chi connectivity index (χ2v) is 5.96. The van der Waals surface area contributed by atoms with E-state index in [9.17, 15) is 4.39 Å². The Balaban J connectivity index is 2.06. The number of hydrogen-bond donors (Lipinski definition) is 1. The lowest BCUT2D eigenvalue weighted by Crippen LogP contribution is -2.37. The highest BCUT2D eigenvalue weighted by atomic mass is 19.1. The van der Waals surface area contributed by atoms with Crippen LogP contribution in [0.15, 0.2) is 24.3 Å². The molecular formula is C17H27FN2. The van der Waals surface area contributed by atoms with Crippen molar-refractivity contribution in [1.29, 1.82) is 0 Å². The van der Waals surface area contributed by atoms with Crippen LogP contribution in [0.3, 0.4) is 0 Å². The Morgan fingerprint density at radius 2 is 2.15 bits per heavy atom. The van der Waals surface area contributed by atoms with Gasteiger partial charge < -0.3 is 10.2 Å². The van der Waals surface area contributed by atoms with E-state index in [1.807, 2.05) is 19.2 Å². The van der Waals surface area contributed by atoms with E-state index in [0.717, 1.165) is 18.2 Å². The van der Waals surface area contributed by atoms with Crippen molar-refractivity contribution in [2.24, 2.45) is 5.92 Å². The lowest BCUT2D eigenvalue weighted by atomic mass is 9.93. The second-order valence-electron chi connectivity index (χ2n) is 5.96. The molecule has 3 atom stereocenters. The number of halogens is 1. The highest BCUT2D eigenvalue weighted by molar-refractivity contribution is 5.21. The van der Waals surface area contributed by atoms with Gasteiger partial charge in [0.05, 0.1) is 0 Å². The van der Waals surface area contributed by atoms with E-state index in [1.54, 1.807) is 12.1 Å². The van der Waals surface area contributed by atoms with Crippen LogP contribution >= 0.6 is 0 Å². The summed E-state index contributed by atoms with van der Waals surface area (Å²) in [4.78, 5) is 2.58.